The Morgan fingerprint density at radius 3 is 1.97 bits per heavy atom. The van der Waals surface area contributed by atoms with E-state index in [1.807, 2.05) is 23.5 Å². The number of furan rings is 1. The van der Waals surface area contributed by atoms with Gasteiger partial charge < -0.3 is 4.42 Å². The molecule has 0 spiro atoms. The standard InChI is InChI=1S/C30H17BrOS/c31-22-14-20(18-9-11-24-23-5-1-3-7-27(23)32-28(24)16-18)13-21(15-22)19-10-12-26-25-6-2-4-8-29(25)33-30(26)17-19/h1-17H. The molecule has 156 valence electrons. The van der Waals surface area contributed by atoms with Gasteiger partial charge in [-0.2, -0.15) is 0 Å². The maximum absolute atomic E-state index is 6.13. The minimum absolute atomic E-state index is 0.918. The van der Waals surface area contributed by atoms with Crippen molar-refractivity contribution in [1.82, 2.24) is 0 Å². The molecule has 0 aliphatic heterocycles. The van der Waals surface area contributed by atoms with Crippen LogP contribution in [-0.4, -0.2) is 0 Å². The third-order valence-electron chi connectivity index (χ3n) is 6.32. The fourth-order valence-corrected chi connectivity index (χ4v) is 6.37. The molecule has 7 aromatic rings. The van der Waals surface area contributed by atoms with Crippen LogP contribution in [0.15, 0.2) is 112 Å². The first kappa shape index (κ1) is 19.1. The minimum atomic E-state index is 0.918. The Hall–Kier alpha value is -3.40. The summed E-state index contributed by atoms with van der Waals surface area (Å²) >= 11 is 5.60. The van der Waals surface area contributed by atoms with E-state index in [4.69, 9.17) is 4.42 Å². The largest absolute Gasteiger partial charge is 0.456 e. The molecule has 5 aromatic carbocycles. The lowest BCUT2D eigenvalue weighted by molar-refractivity contribution is 0.669. The maximum atomic E-state index is 6.13. The molecule has 33 heavy (non-hydrogen) atoms. The third-order valence-corrected chi connectivity index (χ3v) is 7.91. The summed E-state index contributed by atoms with van der Waals surface area (Å²) in [7, 11) is 0. The van der Waals surface area contributed by atoms with Crippen molar-refractivity contribution in [2.75, 3.05) is 0 Å². The third kappa shape index (κ3) is 3.12. The average Bonchev–Trinajstić information content (AvgIpc) is 3.40. The number of rotatable bonds is 2. The fraction of sp³-hybridized carbons (Fsp3) is 0. The molecule has 0 atom stereocenters. The second-order valence-corrected chi connectivity index (χ2v) is 10.3. The van der Waals surface area contributed by atoms with Gasteiger partial charge in [0.1, 0.15) is 11.2 Å². The van der Waals surface area contributed by atoms with E-state index in [0.717, 1.165) is 37.5 Å². The van der Waals surface area contributed by atoms with Gasteiger partial charge in [-0.3, -0.25) is 0 Å². The predicted molar refractivity (Wildman–Crippen MR) is 145 cm³/mol. The van der Waals surface area contributed by atoms with Crippen molar-refractivity contribution in [3.05, 3.63) is 108 Å². The Morgan fingerprint density at radius 1 is 0.485 bits per heavy atom. The monoisotopic (exact) mass is 504 g/mol. The first-order chi connectivity index (χ1) is 16.2. The van der Waals surface area contributed by atoms with Gasteiger partial charge in [-0.15, -0.1) is 11.3 Å². The molecule has 0 unspecified atom stereocenters. The molecule has 3 heteroatoms. The SMILES string of the molecule is Brc1cc(-c2ccc3c(c2)oc2ccccc23)cc(-c2ccc3c(c2)sc2ccccc23)c1. The Bertz CT molecular complexity index is 1710. The zero-order chi connectivity index (χ0) is 21.9. The van der Waals surface area contributed by atoms with Crippen molar-refractivity contribution in [3.8, 4) is 22.3 Å². The Labute approximate surface area is 203 Å². The van der Waals surface area contributed by atoms with Gasteiger partial charge in [-0.05, 0) is 70.8 Å². The van der Waals surface area contributed by atoms with Crippen LogP contribution in [0.25, 0.3) is 64.4 Å². The molecule has 0 N–H and O–H groups in total. The van der Waals surface area contributed by atoms with Crippen LogP contribution < -0.4 is 0 Å². The van der Waals surface area contributed by atoms with E-state index in [1.165, 1.54) is 31.3 Å². The number of hydrogen-bond donors (Lipinski definition) is 0. The summed E-state index contributed by atoms with van der Waals surface area (Å²) in [5.74, 6) is 0. The van der Waals surface area contributed by atoms with E-state index in [-0.39, 0.29) is 0 Å². The van der Waals surface area contributed by atoms with Crippen LogP contribution in [0.5, 0.6) is 0 Å². The highest BCUT2D eigenvalue weighted by Gasteiger charge is 2.11. The predicted octanol–water partition coefficient (Wildman–Crippen LogP) is 10.1. The number of hydrogen-bond acceptors (Lipinski definition) is 2. The Morgan fingerprint density at radius 2 is 1.12 bits per heavy atom. The lowest BCUT2D eigenvalue weighted by atomic mass is 9.97. The number of benzene rings is 5. The second-order valence-electron chi connectivity index (χ2n) is 8.35. The zero-order valence-electron chi connectivity index (χ0n) is 17.5. The summed E-state index contributed by atoms with van der Waals surface area (Å²) in [6, 6.07) is 36.8. The number of para-hydroxylation sites is 1. The first-order valence-corrected chi connectivity index (χ1v) is 12.5. The molecule has 2 heterocycles. The van der Waals surface area contributed by atoms with Gasteiger partial charge >= 0.3 is 0 Å². The van der Waals surface area contributed by atoms with E-state index in [0.29, 0.717) is 0 Å². The van der Waals surface area contributed by atoms with E-state index < -0.39 is 0 Å². The molecule has 0 saturated heterocycles. The summed E-state index contributed by atoms with van der Waals surface area (Å²) in [6.07, 6.45) is 0. The smallest absolute Gasteiger partial charge is 0.136 e. The van der Waals surface area contributed by atoms with Crippen LogP contribution in [0.3, 0.4) is 0 Å². The van der Waals surface area contributed by atoms with Gasteiger partial charge in [0.15, 0.2) is 0 Å². The van der Waals surface area contributed by atoms with Crippen molar-refractivity contribution >= 4 is 69.4 Å². The topological polar surface area (TPSA) is 13.1 Å². The molecule has 0 saturated carbocycles. The summed E-state index contributed by atoms with van der Waals surface area (Å²) in [5, 5.41) is 4.97. The minimum Gasteiger partial charge on any atom is -0.456 e. The first-order valence-electron chi connectivity index (χ1n) is 10.9. The van der Waals surface area contributed by atoms with Crippen molar-refractivity contribution in [1.29, 1.82) is 0 Å². The van der Waals surface area contributed by atoms with Crippen LogP contribution in [0.1, 0.15) is 0 Å². The molecule has 0 bridgehead atoms. The quantitative estimate of drug-likeness (QED) is 0.228. The lowest BCUT2D eigenvalue weighted by Crippen LogP contribution is -1.83. The molecule has 7 rings (SSSR count). The van der Waals surface area contributed by atoms with E-state index in [1.54, 1.807) is 0 Å². The van der Waals surface area contributed by atoms with Gasteiger partial charge in [-0.25, -0.2) is 0 Å². The molecule has 0 fully saturated rings. The lowest BCUT2D eigenvalue weighted by Gasteiger charge is -2.08. The Kier molecular flexibility index (Phi) is 4.23. The van der Waals surface area contributed by atoms with Gasteiger partial charge in [-0.1, -0.05) is 70.5 Å². The zero-order valence-corrected chi connectivity index (χ0v) is 19.9. The van der Waals surface area contributed by atoms with E-state index in [9.17, 15) is 0 Å². The van der Waals surface area contributed by atoms with Crippen molar-refractivity contribution < 1.29 is 4.42 Å². The van der Waals surface area contributed by atoms with Gasteiger partial charge in [0.25, 0.3) is 0 Å². The highest BCUT2D eigenvalue weighted by atomic mass is 79.9. The molecule has 0 radical (unpaired) electrons. The van der Waals surface area contributed by atoms with Crippen molar-refractivity contribution in [2.24, 2.45) is 0 Å². The van der Waals surface area contributed by atoms with Crippen LogP contribution in [0.2, 0.25) is 0 Å². The van der Waals surface area contributed by atoms with Gasteiger partial charge in [0, 0.05) is 35.4 Å². The van der Waals surface area contributed by atoms with Crippen molar-refractivity contribution in [3.63, 3.8) is 0 Å². The molecular weight excluding hydrogens is 488 g/mol. The highest BCUT2D eigenvalue weighted by Crippen LogP contribution is 2.38. The summed E-state index contributed by atoms with van der Waals surface area (Å²) in [4.78, 5) is 0. The normalized spacial score (nSPS) is 11.8. The molecular formula is C30H17BrOS. The Balaban J connectivity index is 1.36. The van der Waals surface area contributed by atoms with E-state index >= 15 is 0 Å². The number of fused-ring (bicyclic) bond motifs is 6. The van der Waals surface area contributed by atoms with Crippen LogP contribution in [0, 0.1) is 0 Å². The van der Waals surface area contributed by atoms with Crippen LogP contribution in [-0.2, 0) is 0 Å². The molecule has 0 amide bonds. The molecule has 0 aliphatic rings. The summed E-state index contributed by atoms with van der Waals surface area (Å²) < 4.78 is 9.84. The van der Waals surface area contributed by atoms with Crippen LogP contribution in [0.4, 0.5) is 0 Å². The second kappa shape index (κ2) is 7.31. The van der Waals surface area contributed by atoms with Crippen LogP contribution >= 0.6 is 27.3 Å². The summed E-state index contributed by atoms with van der Waals surface area (Å²) in [6.45, 7) is 0. The molecule has 2 aromatic heterocycles. The fourth-order valence-electron chi connectivity index (χ4n) is 4.73. The maximum Gasteiger partial charge on any atom is 0.136 e. The van der Waals surface area contributed by atoms with Gasteiger partial charge in [0.05, 0.1) is 0 Å². The molecule has 0 aliphatic carbocycles. The van der Waals surface area contributed by atoms with E-state index in [2.05, 4.69) is 107 Å². The average molecular weight is 505 g/mol. The molecule has 1 nitrogen and oxygen atoms in total. The highest BCUT2D eigenvalue weighted by molar-refractivity contribution is 9.10. The van der Waals surface area contributed by atoms with Crippen molar-refractivity contribution in [2.45, 2.75) is 0 Å². The number of halogens is 1. The number of thiophene rings is 1. The van der Waals surface area contributed by atoms with Gasteiger partial charge in [0.2, 0.25) is 0 Å². The summed E-state index contributed by atoms with van der Waals surface area (Å²) in [5.41, 5.74) is 6.58.